The number of nitrogens with one attached hydrogen (secondary N) is 1. The van der Waals surface area contributed by atoms with E-state index in [4.69, 9.17) is 5.11 Å². The van der Waals surface area contributed by atoms with Crippen LogP contribution in [-0.4, -0.2) is 24.8 Å². The van der Waals surface area contributed by atoms with Crippen LogP contribution in [0.4, 0.5) is 0 Å². The molecule has 0 unspecified atom stereocenters. The van der Waals surface area contributed by atoms with Crippen molar-refractivity contribution < 1.29 is 5.11 Å². The van der Waals surface area contributed by atoms with E-state index >= 15 is 0 Å². The lowest BCUT2D eigenvalue weighted by atomic mass is 9.89. The maximum atomic E-state index is 8.86. The van der Waals surface area contributed by atoms with Crippen molar-refractivity contribution in [2.75, 3.05) is 19.7 Å². The minimum absolute atomic E-state index is 0.215. The fourth-order valence-electron chi connectivity index (χ4n) is 1.28. The monoisotopic (exact) mass is 201 g/mol. The average Bonchev–Trinajstić information content (AvgIpc) is 1.96. The molecule has 0 aromatic carbocycles. The Morgan fingerprint density at radius 1 is 1.00 bits per heavy atom. The lowest BCUT2D eigenvalue weighted by Crippen LogP contribution is -2.32. The van der Waals surface area contributed by atoms with Crippen molar-refractivity contribution in [2.24, 2.45) is 10.8 Å². The van der Waals surface area contributed by atoms with E-state index in [1.54, 1.807) is 0 Å². The summed E-state index contributed by atoms with van der Waals surface area (Å²) in [6, 6.07) is 0. The zero-order valence-electron chi connectivity index (χ0n) is 10.5. The first-order valence-electron chi connectivity index (χ1n) is 5.58. The first kappa shape index (κ1) is 13.9. The average molecular weight is 201 g/mol. The highest BCUT2D eigenvalue weighted by Crippen LogP contribution is 2.19. The molecule has 0 amide bonds. The normalized spacial score (nSPS) is 13.3. The van der Waals surface area contributed by atoms with Crippen molar-refractivity contribution in [1.29, 1.82) is 0 Å². The third kappa shape index (κ3) is 8.52. The molecule has 0 atom stereocenters. The molecule has 0 aliphatic heterocycles. The smallest absolute Gasteiger partial charge is 0.0436 e. The van der Waals surface area contributed by atoms with Gasteiger partial charge in [0.25, 0.3) is 0 Å². The molecule has 0 aliphatic rings. The van der Waals surface area contributed by atoms with Gasteiger partial charge in [-0.25, -0.2) is 0 Å². The zero-order valence-corrected chi connectivity index (χ0v) is 10.5. The minimum Gasteiger partial charge on any atom is -0.396 e. The van der Waals surface area contributed by atoms with Crippen LogP contribution >= 0.6 is 0 Å². The van der Waals surface area contributed by atoms with E-state index in [1.807, 2.05) is 0 Å². The molecular weight excluding hydrogens is 174 g/mol. The largest absolute Gasteiger partial charge is 0.396 e. The molecular formula is C12H27NO. The van der Waals surface area contributed by atoms with Gasteiger partial charge in [-0.2, -0.15) is 0 Å². The zero-order chi connectivity index (χ0) is 11.2. The third-order valence-corrected chi connectivity index (χ3v) is 2.44. The second-order valence-electron chi connectivity index (χ2n) is 6.13. The summed E-state index contributed by atoms with van der Waals surface area (Å²) in [4.78, 5) is 0. The Kier molecular flexibility index (Phi) is 5.68. The van der Waals surface area contributed by atoms with Crippen LogP contribution in [0, 0.1) is 10.8 Å². The molecule has 0 aromatic rings. The van der Waals surface area contributed by atoms with E-state index in [0.29, 0.717) is 5.41 Å². The lowest BCUT2D eigenvalue weighted by molar-refractivity contribution is 0.205. The molecule has 0 aliphatic carbocycles. The first-order chi connectivity index (χ1) is 6.27. The molecule has 0 saturated heterocycles. The van der Waals surface area contributed by atoms with E-state index in [9.17, 15) is 0 Å². The molecule has 2 heteroatoms. The molecule has 2 N–H and O–H groups in total. The highest BCUT2D eigenvalue weighted by Gasteiger charge is 2.16. The topological polar surface area (TPSA) is 32.3 Å². The van der Waals surface area contributed by atoms with Gasteiger partial charge < -0.3 is 10.4 Å². The molecule has 0 rings (SSSR count). The van der Waals surface area contributed by atoms with Crippen molar-refractivity contribution in [3.63, 3.8) is 0 Å². The van der Waals surface area contributed by atoms with Gasteiger partial charge in [0.1, 0.15) is 0 Å². The molecule has 0 spiro atoms. The lowest BCUT2D eigenvalue weighted by Gasteiger charge is -2.25. The predicted molar refractivity (Wildman–Crippen MR) is 62.4 cm³/mol. The third-order valence-electron chi connectivity index (χ3n) is 2.44. The van der Waals surface area contributed by atoms with E-state index < -0.39 is 0 Å². The van der Waals surface area contributed by atoms with E-state index in [2.05, 4.69) is 39.9 Å². The molecule has 0 aromatic heterocycles. The Morgan fingerprint density at radius 2 is 1.57 bits per heavy atom. The SMILES string of the molecule is CC(C)(C)CCNCC(C)(C)CCO. The van der Waals surface area contributed by atoms with Crippen molar-refractivity contribution >= 4 is 0 Å². The van der Waals surface area contributed by atoms with E-state index in [0.717, 1.165) is 19.5 Å². The molecule has 0 heterocycles. The second-order valence-corrected chi connectivity index (χ2v) is 6.13. The maximum Gasteiger partial charge on any atom is 0.0436 e. The molecule has 0 bridgehead atoms. The number of rotatable bonds is 6. The van der Waals surface area contributed by atoms with Crippen molar-refractivity contribution in [1.82, 2.24) is 5.32 Å². The van der Waals surface area contributed by atoms with Crippen LogP contribution in [0.1, 0.15) is 47.5 Å². The van der Waals surface area contributed by atoms with Crippen LogP contribution in [-0.2, 0) is 0 Å². The standard InChI is InChI=1S/C12H27NO/c1-11(2,3)6-8-13-10-12(4,5)7-9-14/h13-14H,6-10H2,1-5H3. The quantitative estimate of drug-likeness (QED) is 0.647. The molecule has 0 saturated carbocycles. The number of aliphatic hydroxyl groups excluding tert-OH is 1. The van der Waals surface area contributed by atoms with Gasteiger partial charge >= 0.3 is 0 Å². The minimum atomic E-state index is 0.215. The molecule has 2 nitrogen and oxygen atoms in total. The van der Waals surface area contributed by atoms with Crippen molar-refractivity contribution in [3.05, 3.63) is 0 Å². The summed E-state index contributed by atoms with van der Waals surface area (Å²) in [5, 5.41) is 12.3. The van der Waals surface area contributed by atoms with Gasteiger partial charge in [0.05, 0.1) is 0 Å². The Balaban J connectivity index is 3.54. The predicted octanol–water partition coefficient (Wildman–Crippen LogP) is 2.42. The Hall–Kier alpha value is -0.0800. The Bertz CT molecular complexity index is 147. The van der Waals surface area contributed by atoms with Gasteiger partial charge in [-0.3, -0.25) is 0 Å². The summed E-state index contributed by atoms with van der Waals surface area (Å²) in [6.07, 6.45) is 2.07. The van der Waals surface area contributed by atoms with Crippen molar-refractivity contribution in [3.8, 4) is 0 Å². The van der Waals surface area contributed by atoms with Crippen LogP contribution in [0.15, 0.2) is 0 Å². The fourth-order valence-corrected chi connectivity index (χ4v) is 1.28. The highest BCUT2D eigenvalue weighted by atomic mass is 16.3. The Labute approximate surface area is 89.1 Å². The summed E-state index contributed by atoms with van der Waals surface area (Å²) >= 11 is 0. The Morgan fingerprint density at radius 3 is 2.00 bits per heavy atom. The van der Waals surface area contributed by atoms with Gasteiger partial charge in [-0.05, 0) is 30.2 Å². The molecule has 0 fully saturated rings. The van der Waals surface area contributed by atoms with Crippen molar-refractivity contribution in [2.45, 2.75) is 47.5 Å². The van der Waals surface area contributed by atoms with Gasteiger partial charge in [0.2, 0.25) is 0 Å². The van der Waals surface area contributed by atoms with Crippen LogP contribution in [0.25, 0.3) is 0 Å². The van der Waals surface area contributed by atoms with E-state index in [-0.39, 0.29) is 12.0 Å². The second kappa shape index (κ2) is 5.72. The van der Waals surface area contributed by atoms with Crippen LogP contribution in [0.5, 0.6) is 0 Å². The fraction of sp³-hybridized carbons (Fsp3) is 1.00. The summed E-state index contributed by atoms with van der Waals surface area (Å²) in [5.41, 5.74) is 0.626. The van der Waals surface area contributed by atoms with Crippen LogP contribution < -0.4 is 5.32 Å². The highest BCUT2D eigenvalue weighted by molar-refractivity contribution is 4.72. The van der Waals surface area contributed by atoms with Gasteiger partial charge in [-0.15, -0.1) is 0 Å². The van der Waals surface area contributed by atoms with Crippen LogP contribution in [0.2, 0.25) is 0 Å². The first-order valence-corrected chi connectivity index (χ1v) is 5.58. The number of hydrogen-bond acceptors (Lipinski definition) is 2. The summed E-state index contributed by atoms with van der Waals surface area (Å²) in [7, 11) is 0. The molecule has 86 valence electrons. The maximum absolute atomic E-state index is 8.86. The van der Waals surface area contributed by atoms with Crippen LogP contribution in [0.3, 0.4) is 0 Å². The molecule has 0 radical (unpaired) electrons. The van der Waals surface area contributed by atoms with E-state index in [1.165, 1.54) is 6.42 Å². The summed E-state index contributed by atoms with van der Waals surface area (Å²) in [6.45, 7) is 13.5. The summed E-state index contributed by atoms with van der Waals surface area (Å²) < 4.78 is 0. The van der Waals surface area contributed by atoms with Gasteiger partial charge in [-0.1, -0.05) is 34.6 Å². The number of aliphatic hydroxyl groups is 1. The van der Waals surface area contributed by atoms with Gasteiger partial charge in [0, 0.05) is 13.2 Å². The molecule has 14 heavy (non-hydrogen) atoms. The van der Waals surface area contributed by atoms with Gasteiger partial charge in [0.15, 0.2) is 0 Å². The summed E-state index contributed by atoms with van der Waals surface area (Å²) in [5.74, 6) is 0. The number of hydrogen-bond donors (Lipinski definition) is 2.